The van der Waals surface area contributed by atoms with Crippen LogP contribution in [0, 0.1) is 5.92 Å². The number of hydrogen-bond acceptors (Lipinski definition) is 4. The Hall–Kier alpha value is -1.83. The van der Waals surface area contributed by atoms with Crippen LogP contribution in [0.15, 0.2) is 47.3 Å². The van der Waals surface area contributed by atoms with Gasteiger partial charge in [0.15, 0.2) is 0 Å². The van der Waals surface area contributed by atoms with E-state index in [9.17, 15) is 9.59 Å². The number of likely N-dealkylation sites (tertiary alicyclic amines) is 1. The monoisotopic (exact) mass is 447 g/mol. The van der Waals surface area contributed by atoms with Gasteiger partial charge in [-0.1, -0.05) is 47.7 Å². The van der Waals surface area contributed by atoms with Gasteiger partial charge in [0.2, 0.25) is 5.91 Å². The van der Waals surface area contributed by atoms with Gasteiger partial charge in [-0.3, -0.25) is 9.59 Å². The maximum atomic E-state index is 12.5. The molecule has 5 nitrogen and oxygen atoms in total. The van der Waals surface area contributed by atoms with Crippen LogP contribution < -0.4 is 10.9 Å². The molecule has 0 saturated carbocycles. The fourth-order valence-corrected chi connectivity index (χ4v) is 5.67. The molecule has 1 amide bonds. The smallest absolute Gasteiger partial charge is 0.250 e. The molecule has 29 heavy (non-hydrogen) atoms. The van der Waals surface area contributed by atoms with Gasteiger partial charge in [-0.15, -0.1) is 0 Å². The maximum Gasteiger partial charge on any atom is 0.250 e. The van der Waals surface area contributed by atoms with E-state index in [1.54, 1.807) is 24.3 Å². The van der Waals surface area contributed by atoms with Crippen molar-refractivity contribution in [2.24, 2.45) is 5.92 Å². The molecule has 1 aromatic carbocycles. The molecule has 4 rings (SSSR count). The van der Waals surface area contributed by atoms with Gasteiger partial charge in [0.1, 0.15) is 4.32 Å². The fourth-order valence-electron chi connectivity index (χ4n) is 4.13. The molecule has 0 unspecified atom stereocenters. The van der Waals surface area contributed by atoms with E-state index in [2.05, 4.69) is 10.2 Å². The highest BCUT2D eigenvalue weighted by atomic mass is 35.5. The Bertz CT molecular complexity index is 1010. The van der Waals surface area contributed by atoms with Crippen LogP contribution in [0.3, 0.4) is 0 Å². The molecule has 1 saturated heterocycles. The first-order valence-electron chi connectivity index (χ1n) is 9.62. The van der Waals surface area contributed by atoms with Crippen molar-refractivity contribution in [1.29, 1.82) is 0 Å². The Morgan fingerprint density at radius 2 is 2.03 bits per heavy atom. The second kappa shape index (κ2) is 8.50. The number of nitrogens with one attached hydrogen (secondary N) is 1. The largest absolute Gasteiger partial charge is 0.356 e. The molecular formula is C21H22ClN3O2S2. The molecule has 0 radical (unpaired) electrons. The lowest BCUT2D eigenvalue weighted by Gasteiger charge is -2.43. The van der Waals surface area contributed by atoms with Crippen molar-refractivity contribution in [2.75, 3.05) is 18.4 Å². The van der Waals surface area contributed by atoms with Crippen molar-refractivity contribution in [1.82, 2.24) is 9.47 Å². The molecule has 3 atom stereocenters. The summed E-state index contributed by atoms with van der Waals surface area (Å²) in [6.45, 7) is 4.21. The van der Waals surface area contributed by atoms with Crippen LogP contribution in [-0.2, 0) is 11.3 Å². The third kappa shape index (κ3) is 4.52. The summed E-state index contributed by atoms with van der Waals surface area (Å²) in [5, 5.41) is 3.15. The number of carbonyl (C=O) groups is 1. The van der Waals surface area contributed by atoms with Crippen LogP contribution in [0.5, 0.6) is 0 Å². The lowest BCUT2D eigenvalue weighted by atomic mass is 9.83. The van der Waals surface area contributed by atoms with Crippen LogP contribution >= 0.6 is 35.6 Å². The van der Waals surface area contributed by atoms with E-state index in [-0.39, 0.29) is 16.7 Å². The Balaban J connectivity index is 1.39. The van der Waals surface area contributed by atoms with E-state index in [0.29, 0.717) is 22.5 Å². The summed E-state index contributed by atoms with van der Waals surface area (Å²) in [6, 6.07) is 12.6. The van der Waals surface area contributed by atoms with E-state index >= 15 is 0 Å². The molecule has 2 bridgehead atoms. The van der Waals surface area contributed by atoms with Gasteiger partial charge in [-0.2, -0.15) is 0 Å². The average Bonchev–Trinajstić information content (AvgIpc) is 2.68. The van der Waals surface area contributed by atoms with Crippen LogP contribution in [0.2, 0.25) is 5.02 Å². The highest BCUT2D eigenvalue weighted by molar-refractivity contribution is 8.23. The zero-order chi connectivity index (χ0) is 20.5. The first-order valence-corrected chi connectivity index (χ1v) is 11.3. The Kier molecular flexibility index (Phi) is 5.99. The number of halogens is 1. The molecule has 1 fully saturated rings. The minimum absolute atomic E-state index is 0.0777. The number of anilines is 1. The van der Waals surface area contributed by atoms with Gasteiger partial charge >= 0.3 is 0 Å². The number of thioether (sulfide) groups is 1. The molecule has 152 valence electrons. The molecular weight excluding hydrogens is 426 g/mol. The van der Waals surface area contributed by atoms with Crippen molar-refractivity contribution in [3.63, 3.8) is 0 Å². The number of amides is 1. The molecule has 2 aliphatic heterocycles. The summed E-state index contributed by atoms with van der Waals surface area (Å²) in [6.07, 6.45) is 1.08. The SMILES string of the molecule is C[C@H](SC(=S)N1C[C@@H]2C[C@@H](C1)c1cccc(=O)n1C2)C(=O)Nc1cccc(Cl)c1. The van der Waals surface area contributed by atoms with Crippen molar-refractivity contribution in [3.05, 3.63) is 63.5 Å². The van der Waals surface area contributed by atoms with Gasteiger partial charge in [0.05, 0.1) is 5.25 Å². The van der Waals surface area contributed by atoms with E-state index < -0.39 is 0 Å². The minimum atomic E-state index is -0.321. The molecule has 2 aromatic rings. The maximum absolute atomic E-state index is 12.5. The first-order chi connectivity index (χ1) is 13.9. The van der Waals surface area contributed by atoms with Gasteiger partial charge < -0.3 is 14.8 Å². The van der Waals surface area contributed by atoms with Gasteiger partial charge in [0.25, 0.3) is 5.56 Å². The lowest BCUT2D eigenvalue weighted by Crippen LogP contribution is -2.48. The topological polar surface area (TPSA) is 54.3 Å². The second-order valence-corrected chi connectivity index (χ2v) is 10.0. The van der Waals surface area contributed by atoms with Crippen LogP contribution in [0.25, 0.3) is 0 Å². The average molecular weight is 448 g/mol. The number of piperidine rings is 1. The third-order valence-electron chi connectivity index (χ3n) is 5.48. The number of rotatable bonds is 3. The number of fused-ring (bicyclic) bond motifs is 4. The van der Waals surface area contributed by atoms with Gasteiger partial charge in [0, 0.05) is 48.0 Å². The van der Waals surface area contributed by atoms with Crippen molar-refractivity contribution >= 4 is 51.5 Å². The zero-order valence-corrected chi connectivity index (χ0v) is 18.4. The lowest BCUT2D eigenvalue weighted by molar-refractivity contribution is -0.115. The predicted octanol–water partition coefficient (Wildman–Crippen LogP) is 3.97. The molecule has 8 heteroatoms. The van der Waals surface area contributed by atoms with Gasteiger partial charge in [-0.25, -0.2) is 0 Å². The number of carbonyl (C=O) groups excluding carboxylic acids is 1. The summed E-state index contributed by atoms with van der Waals surface area (Å²) >= 11 is 13.1. The number of benzene rings is 1. The number of thiocarbonyl (C=S) groups is 1. The highest BCUT2D eigenvalue weighted by Gasteiger charge is 2.35. The second-order valence-electron chi connectivity index (χ2n) is 7.63. The first kappa shape index (κ1) is 20.4. The van der Waals surface area contributed by atoms with Gasteiger partial charge in [-0.05, 0) is 43.5 Å². The molecule has 2 aliphatic rings. The summed E-state index contributed by atoms with van der Waals surface area (Å²) in [5.74, 6) is 0.592. The van der Waals surface area contributed by atoms with Crippen molar-refractivity contribution in [2.45, 2.75) is 31.1 Å². The summed E-state index contributed by atoms with van der Waals surface area (Å²) in [7, 11) is 0. The quantitative estimate of drug-likeness (QED) is 0.721. The van der Waals surface area contributed by atoms with Crippen LogP contribution in [0.4, 0.5) is 5.69 Å². The number of pyridine rings is 1. The molecule has 1 aromatic heterocycles. The minimum Gasteiger partial charge on any atom is -0.356 e. The van der Waals surface area contributed by atoms with E-state index in [4.69, 9.17) is 23.8 Å². The van der Waals surface area contributed by atoms with E-state index in [1.807, 2.05) is 29.7 Å². The Morgan fingerprint density at radius 3 is 2.83 bits per heavy atom. The molecule has 1 N–H and O–H groups in total. The van der Waals surface area contributed by atoms with Crippen LogP contribution in [-0.4, -0.2) is 38.0 Å². The summed E-state index contributed by atoms with van der Waals surface area (Å²) < 4.78 is 2.65. The Morgan fingerprint density at radius 1 is 1.24 bits per heavy atom. The summed E-state index contributed by atoms with van der Waals surface area (Å²) in [4.78, 5) is 26.9. The van der Waals surface area contributed by atoms with Crippen molar-refractivity contribution in [3.8, 4) is 0 Å². The van der Waals surface area contributed by atoms with Crippen molar-refractivity contribution < 1.29 is 4.79 Å². The molecule has 3 heterocycles. The summed E-state index contributed by atoms with van der Waals surface area (Å²) in [5.41, 5.74) is 1.85. The third-order valence-corrected chi connectivity index (χ3v) is 7.29. The van der Waals surface area contributed by atoms with E-state index in [1.165, 1.54) is 11.8 Å². The number of nitrogens with zero attached hydrogens (tertiary/aromatic N) is 2. The molecule has 0 spiro atoms. The number of aromatic nitrogens is 1. The van der Waals surface area contributed by atoms with E-state index in [0.717, 1.165) is 36.1 Å². The zero-order valence-electron chi connectivity index (χ0n) is 16.0. The molecule has 0 aliphatic carbocycles. The predicted molar refractivity (Wildman–Crippen MR) is 123 cm³/mol. The highest BCUT2D eigenvalue weighted by Crippen LogP contribution is 2.36. The number of hydrogen-bond donors (Lipinski definition) is 1. The Labute approximate surface area is 184 Å². The fraction of sp³-hybridized carbons (Fsp3) is 0.381. The van der Waals surface area contributed by atoms with Crippen LogP contribution in [0.1, 0.15) is 25.0 Å². The standard InChI is InChI=1S/C21H22ClN3O2S2/c1-13(20(27)23-17-5-2-4-16(22)9-17)29-21(28)24-10-14-8-15(12-24)18-6-3-7-19(26)25(18)11-14/h2-7,9,13-15H,8,10-12H2,1H3,(H,23,27)/t13-,14-,15-/m0/s1. The normalized spacial score (nSPS) is 21.2.